The largest absolute Gasteiger partial charge is 0.464 e. The van der Waals surface area contributed by atoms with Gasteiger partial charge in [-0.3, -0.25) is 4.98 Å². The van der Waals surface area contributed by atoms with Gasteiger partial charge in [0.05, 0.1) is 17.7 Å². The predicted molar refractivity (Wildman–Crippen MR) is 96.1 cm³/mol. The molecule has 1 heterocycles. The number of ether oxygens (including phenoxy) is 2. The highest BCUT2D eigenvalue weighted by molar-refractivity contribution is 5.86. The minimum atomic E-state index is -0.767. The van der Waals surface area contributed by atoms with Crippen molar-refractivity contribution >= 4 is 16.9 Å². The SMILES string of the molecule is CCOC(=O)C(OC(C)(C)C)c1c(C)nc2ccccc2c1CC. The van der Waals surface area contributed by atoms with Crippen LogP contribution in [-0.4, -0.2) is 23.2 Å². The van der Waals surface area contributed by atoms with Gasteiger partial charge in [-0.05, 0) is 52.7 Å². The molecule has 0 spiro atoms. The number of nitrogens with zero attached hydrogens (tertiary/aromatic N) is 1. The number of benzene rings is 1. The predicted octanol–water partition coefficient (Wildman–Crippen LogP) is 4.52. The minimum Gasteiger partial charge on any atom is -0.464 e. The second-order valence-corrected chi connectivity index (χ2v) is 6.82. The van der Waals surface area contributed by atoms with Crippen molar-refractivity contribution in [1.29, 1.82) is 0 Å². The van der Waals surface area contributed by atoms with E-state index in [1.807, 2.05) is 52.0 Å². The number of para-hydroxylation sites is 1. The number of esters is 1. The molecule has 1 unspecified atom stereocenters. The lowest BCUT2D eigenvalue weighted by atomic mass is 9.94. The molecule has 0 aliphatic carbocycles. The molecule has 0 fully saturated rings. The van der Waals surface area contributed by atoms with Crippen LogP contribution in [0.5, 0.6) is 0 Å². The van der Waals surface area contributed by atoms with E-state index < -0.39 is 11.7 Å². The molecule has 0 N–H and O–H groups in total. The number of hydrogen-bond acceptors (Lipinski definition) is 4. The van der Waals surface area contributed by atoms with Gasteiger partial charge in [0, 0.05) is 16.6 Å². The summed E-state index contributed by atoms with van der Waals surface area (Å²) in [7, 11) is 0. The Morgan fingerprint density at radius 1 is 1.21 bits per heavy atom. The van der Waals surface area contributed by atoms with Gasteiger partial charge in [0.25, 0.3) is 0 Å². The van der Waals surface area contributed by atoms with E-state index in [0.717, 1.165) is 34.1 Å². The lowest BCUT2D eigenvalue weighted by molar-refractivity contribution is -0.167. The van der Waals surface area contributed by atoms with Crippen LogP contribution in [0.2, 0.25) is 0 Å². The molecule has 4 heteroatoms. The Hall–Kier alpha value is -1.94. The van der Waals surface area contributed by atoms with E-state index in [0.29, 0.717) is 6.61 Å². The van der Waals surface area contributed by atoms with Gasteiger partial charge in [0.1, 0.15) is 0 Å². The highest BCUT2D eigenvalue weighted by Crippen LogP contribution is 2.33. The third-order valence-electron chi connectivity index (χ3n) is 3.82. The van der Waals surface area contributed by atoms with E-state index >= 15 is 0 Å². The summed E-state index contributed by atoms with van der Waals surface area (Å²) in [5.74, 6) is -0.359. The fourth-order valence-corrected chi connectivity index (χ4v) is 2.96. The van der Waals surface area contributed by atoms with Crippen LogP contribution in [0.1, 0.15) is 57.5 Å². The Morgan fingerprint density at radius 2 is 1.88 bits per heavy atom. The van der Waals surface area contributed by atoms with Gasteiger partial charge in [0.2, 0.25) is 0 Å². The summed E-state index contributed by atoms with van der Waals surface area (Å²) in [6, 6.07) is 8.01. The number of rotatable bonds is 5. The summed E-state index contributed by atoms with van der Waals surface area (Å²) in [6.45, 7) is 12.0. The number of fused-ring (bicyclic) bond motifs is 1. The van der Waals surface area contributed by atoms with Crippen LogP contribution in [0.3, 0.4) is 0 Å². The number of aromatic nitrogens is 1. The van der Waals surface area contributed by atoms with E-state index in [4.69, 9.17) is 9.47 Å². The van der Waals surface area contributed by atoms with Gasteiger partial charge in [-0.25, -0.2) is 4.79 Å². The molecule has 0 aliphatic rings. The number of carbonyl (C=O) groups excluding carboxylic acids is 1. The first-order valence-electron chi connectivity index (χ1n) is 8.51. The zero-order chi connectivity index (χ0) is 17.9. The Kier molecular flexibility index (Phi) is 5.60. The fourth-order valence-electron chi connectivity index (χ4n) is 2.96. The summed E-state index contributed by atoms with van der Waals surface area (Å²) in [5.41, 5.74) is 3.22. The summed E-state index contributed by atoms with van der Waals surface area (Å²) in [5, 5.41) is 1.06. The van der Waals surface area contributed by atoms with E-state index in [9.17, 15) is 4.79 Å². The molecule has 0 aliphatic heterocycles. The molecule has 2 aromatic rings. The maximum Gasteiger partial charge on any atom is 0.340 e. The number of hydrogen-bond donors (Lipinski definition) is 0. The van der Waals surface area contributed by atoms with Crippen molar-refractivity contribution in [2.24, 2.45) is 0 Å². The first-order valence-corrected chi connectivity index (χ1v) is 8.51. The Balaban J connectivity index is 2.68. The van der Waals surface area contributed by atoms with Crippen molar-refractivity contribution in [3.05, 3.63) is 41.1 Å². The van der Waals surface area contributed by atoms with Crippen LogP contribution in [-0.2, 0) is 20.7 Å². The van der Waals surface area contributed by atoms with Crippen LogP contribution in [0.15, 0.2) is 24.3 Å². The third kappa shape index (κ3) is 3.93. The van der Waals surface area contributed by atoms with Gasteiger partial charge in [0.15, 0.2) is 6.10 Å². The van der Waals surface area contributed by atoms with Crippen molar-refractivity contribution in [3.63, 3.8) is 0 Å². The molecular formula is C20H27NO3. The van der Waals surface area contributed by atoms with Gasteiger partial charge in [-0.1, -0.05) is 25.1 Å². The minimum absolute atomic E-state index is 0.324. The number of carbonyl (C=O) groups is 1. The molecule has 1 aromatic heterocycles. The molecule has 0 amide bonds. The molecule has 0 saturated heterocycles. The quantitative estimate of drug-likeness (QED) is 0.756. The number of aryl methyl sites for hydroxylation is 2. The molecule has 0 saturated carbocycles. The van der Waals surface area contributed by atoms with Gasteiger partial charge < -0.3 is 9.47 Å². The summed E-state index contributed by atoms with van der Waals surface area (Å²) < 4.78 is 11.4. The molecule has 1 atom stereocenters. The molecule has 24 heavy (non-hydrogen) atoms. The topological polar surface area (TPSA) is 48.4 Å². The molecule has 130 valence electrons. The van der Waals surface area contributed by atoms with Crippen molar-refractivity contribution in [3.8, 4) is 0 Å². The maximum atomic E-state index is 12.6. The van der Waals surface area contributed by atoms with Crippen LogP contribution in [0.25, 0.3) is 10.9 Å². The van der Waals surface area contributed by atoms with Crippen LogP contribution in [0, 0.1) is 6.92 Å². The fraction of sp³-hybridized carbons (Fsp3) is 0.500. The maximum absolute atomic E-state index is 12.6. The van der Waals surface area contributed by atoms with E-state index in [-0.39, 0.29) is 5.97 Å². The smallest absolute Gasteiger partial charge is 0.340 e. The molecule has 4 nitrogen and oxygen atoms in total. The van der Waals surface area contributed by atoms with E-state index in [2.05, 4.69) is 11.9 Å². The zero-order valence-electron chi connectivity index (χ0n) is 15.5. The second-order valence-electron chi connectivity index (χ2n) is 6.82. The van der Waals surface area contributed by atoms with Crippen molar-refractivity contribution in [2.75, 3.05) is 6.61 Å². The first-order chi connectivity index (χ1) is 11.3. The van der Waals surface area contributed by atoms with Crippen molar-refractivity contribution in [2.45, 2.75) is 59.7 Å². The van der Waals surface area contributed by atoms with Gasteiger partial charge in [-0.2, -0.15) is 0 Å². The Labute approximate surface area is 144 Å². The molecule has 1 aromatic carbocycles. The molecule has 2 rings (SSSR count). The highest BCUT2D eigenvalue weighted by Gasteiger charge is 2.32. The van der Waals surface area contributed by atoms with E-state index in [1.54, 1.807) is 6.92 Å². The van der Waals surface area contributed by atoms with Gasteiger partial charge in [-0.15, -0.1) is 0 Å². The molecule has 0 radical (unpaired) electrons. The Morgan fingerprint density at radius 3 is 2.46 bits per heavy atom. The van der Waals surface area contributed by atoms with E-state index in [1.165, 1.54) is 0 Å². The number of pyridine rings is 1. The first kappa shape index (κ1) is 18.4. The second kappa shape index (κ2) is 7.31. The molecular weight excluding hydrogens is 302 g/mol. The zero-order valence-corrected chi connectivity index (χ0v) is 15.5. The van der Waals surface area contributed by atoms with Crippen molar-refractivity contribution < 1.29 is 14.3 Å². The van der Waals surface area contributed by atoms with Crippen LogP contribution in [0.4, 0.5) is 0 Å². The average Bonchev–Trinajstić information content (AvgIpc) is 2.51. The highest BCUT2D eigenvalue weighted by atomic mass is 16.6. The van der Waals surface area contributed by atoms with Crippen molar-refractivity contribution in [1.82, 2.24) is 4.98 Å². The average molecular weight is 329 g/mol. The molecule has 0 bridgehead atoms. The Bertz CT molecular complexity index is 731. The third-order valence-corrected chi connectivity index (χ3v) is 3.82. The monoisotopic (exact) mass is 329 g/mol. The normalized spacial score (nSPS) is 13.1. The van der Waals surface area contributed by atoms with Crippen LogP contribution < -0.4 is 0 Å². The summed E-state index contributed by atoms with van der Waals surface area (Å²) in [6.07, 6.45) is 0.0276. The van der Waals surface area contributed by atoms with Crippen LogP contribution >= 0.6 is 0 Å². The lowest BCUT2D eigenvalue weighted by Gasteiger charge is -2.29. The summed E-state index contributed by atoms with van der Waals surface area (Å²) >= 11 is 0. The standard InChI is InChI=1S/C20H27NO3/c1-7-14-15-11-9-10-12-16(15)21-13(3)17(14)18(19(22)23-8-2)24-20(4,5)6/h9-12,18H,7-8H2,1-6H3. The summed E-state index contributed by atoms with van der Waals surface area (Å²) in [4.78, 5) is 17.3. The lowest BCUT2D eigenvalue weighted by Crippen LogP contribution is -2.30. The van der Waals surface area contributed by atoms with Gasteiger partial charge >= 0.3 is 5.97 Å².